The number of ether oxygens (including phenoxy) is 1. The first-order valence-corrected chi connectivity index (χ1v) is 7.27. The smallest absolute Gasteiger partial charge is 0.417 e. The largest absolute Gasteiger partial charge is 0.482 e. The molecule has 8 heteroatoms. The van der Waals surface area contributed by atoms with E-state index >= 15 is 0 Å². The van der Waals surface area contributed by atoms with E-state index in [-0.39, 0.29) is 12.5 Å². The van der Waals surface area contributed by atoms with E-state index in [1.807, 2.05) is 0 Å². The Morgan fingerprint density at radius 3 is 2.87 bits per heavy atom. The first-order chi connectivity index (χ1) is 11.0. The molecule has 0 aliphatic rings. The van der Waals surface area contributed by atoms with E-state index in [1.165, 1.54) is 6.07 Å². The van der Waals surface area contributed by atoms with E-state index in [0.29, 0.717) is 32.6 Å². The molecule has 0 atom stereocenters. The van der Waals surface area contributed by atoms with Gasteiger partial charge in [0.1, 0.15) is 5.75 Å². The predicted molar refractivity (Wildman–Crippen MR) is 87.4 cm³/mol. The van der Waals surface area contributed by atoms with Crippen molar-refractivity contribution in [3.05, 3.63) is 57.0 Å². The van der Waals surface area contributed by atoms with Crippen molar-refractivity contribution < 1.29 is 13.9 Å². The number of oxazole rings is 1. The van der Waals surface area contributed by atoms with E-state index in [9.17, 15) is 9.59 Å². The molecule has 2 N–H and O–H groups in total. The number of amides is 1. The van der Waals surface area contributed by atoms with Crippen LogP contribution in [0.15, 0.2) is 45.6 Å². The summed E-state index contributed by atoms with van der Waals surface area (Å²) in [6, 6.07) is 9.52. The van der Waals surface area contributed by atoms with Crippen molar-refractivity contribution in [3.8, 4) is 5.75 Å². The Balaban J connectivity index is 1.66. The van der Waals surface area contributed by atoms with Crippen LogP contribution < -0.4 is 15.8 Å². The lowest BCUT2D eigenvalue weighted by molar-refractivity contribution is -0.118. The van der Waals surface area contributed by atoms with Crippen LogP contribution in [0.5, 0.6) is 5.75 Å². The number of anilines is 1. The molecule has 0 spiro atoms. The second kappa shape index (κ2) is 6.36. The highest BCUT2D eigenvalue weighted by molar-refractivity contribution is 6.34. The molecule has 0 bridgehead atoms. The summed E-state index contributed by atoms with van der Waals surface area (Å²) in [5.74, 6) is -0.613. The fourth-order valence-corrected chi connectivity index (χ4v) is 2.29. The summed E-state index contributed by atoms with van der Waals surface area (Å²) in [5, 5.41) is 3.46. The van der Waals surface area contributed by atoms with Crippen LogP contribution in [-0.2, 0) is 4.79 Å². The zero-order valence-corrected chi connectivity index (χ0v) is 13.1. The molecule has 1 heterocycles. The molecule has 6 nitrogen and oxygen atoms in total. The molecular weight excluding hydrogens is 343 g/mol. The SMILES string of the molecule is O=C(COc1cc(Cl)ccc1Cl)Nc1ccc2oc(=O)[nH]c2c1. The normalized spacial score (nSPS) is 10.7. The maximum atomic E-state index is 11.9. The van der Waals surface area contributed by atoms with Gasteiger partial charge in [0.2, 0.25) is 0 Å². The summed E-state index contributed by atoms with van der Waals surface area (Å²) >= 11 is 11.8. The number of halogens is 2. The van der Waals surface area contributed by atoms with Gasteiger partial charge in [-0.15, -0.1) is 0 Å². The number of aromatic amines is 1. The summed E-state index contributed by atoms with van der Waals surface area (Å²) in [7, 11) is 0. The van der Waals surface area contributed by atoms with Gasteiger partial charge < -0.3 is 14.5 Å². The summed E-state index contributed by atoms with van der Waals surface area (Å²) < 4.78 is 10.2. The van der Waals surface area contributed by atoms with Crippen molar-refractivity contribution in [2.24, 2.45) is 0 Å². The number of fused-ring (bicyclic) bond motifs is 1. The molecule has 3 aromatic rings. The van der Waals surface area contributed by atoms with Gasteiger partial charge in [0.15, 0.2) is 12.2 Å². The third-order valence-electron chi connectivity index (χ3n) is 2.95. The molecule has 118 valence electrons. The summed E-state index contributed by atoms with van der Waals surface area (Å²) in [4.78, 5) is 25.5. The van der Waals surface area contributed by atoms with Gasteiger partial charge in [0.25, 0.3) is 5.91 Å². The van der Waals surface area contributed by atoms with E-state index in [0.717, 1.165) is 0 Å². The average molecular weight is 353 g/mol. The minimum Gasteiger partial charge on any atom is -0.482 e. The first kappa shape index (κ1) is 15.5. The number of benzene rings is 2. The molecule has 0 aliphatic carbocycles. The molecule has 2 aromatic carbocycles. The highest BCUT2D eigenvalue weighted by Crippen LogP contribution is 2.27. The van der Waals surface area contributed by atoms with Crippen LogP contribution in [0.3, 0.4) is 0 Å². The Morgan fingerprint density at radius 2 is 2.04 bits per heavy atom. The van der Waals surface area contributed by atoms with E-state index in [4.69, 9.17) is 32.4 Å². The zero-order chi connectivity index (χ0) is 16.4. The quantitative estimate of drug-likeness (QED) is 0.753. The third kappa shape index (κ3) is 3.67. The van der Waals surface area contributed by atoms with Crippen LogP contribution in [0.1, 0.15) is 0 Å². The lowest BCUT2D eigenvalue weighted by Crippen LogP contribution is -2.20. The topological polar surface area (TPSA) is 84.3 Å². The highest BCUT2D eigenvalue weighted by atomic mass is 35.5. The molecular formula is C15H10Cl2N2O4. The van der Waals surface area contributed by atoms with Crippen LogP contribution in [-0.4, -0.2) is 17.5 Å². The lowest BCUT2D eigenvalue weighted by Gasteiger charge is -2.09. The summed E-state index contributed by atoms with van der Waals surface area (Å²) in [6.45, 7) is -0.236. The molecule has 0 aliphatic heterocycles. The van der Waals surface area contributed by atoms with Crippen molar-refractivity contribution in [3.63, 3.8) is 0 Å². The molecule has 23 heavy (non-hydrogen) atoms. The molecule has 0 radical (unpaired) electrons. The van der Waals surface area contributed by atoms with E-state index in [2.05, 4.69) is 10.3 Å². The molecule has 0 fully saturated rings. The van der Waals surface area contributed by atoms with Crippen LogP contribution in [0.4, 0.5) is 5.69 Å². The fraction of sp³-hybridized carbons (Fsp3) is 0.0667. The number of hydrogen-bond donors (Lipinski definition) is 2. The molecule has 1 amide bonds. The van der Waals surface area contributed by atoms with Gasteiger partial charge in [-0.25, -0.2) is 4.79 Å². The van der Waals surface area contributed by atoms with Gasteiger partial charge in [0.05, 0.1) is 10.5 Å². The van der Waals surface area contributed by atoms with Crippen LogP contribution in [0.2, 0.25) is 10.0 Å². The van der Waals surface area contributed by atoms with Gasteiger partial charge >= 0.3 is 5.76 Å². The van der Waals surface area contributed by atoms with Gasteiger partial charge in [-0.05, 0) is 30.3 Å². The fourth-order valence-electron chi connectivity index (χ4n) is 1.96. The lowest BCUT2D eigenvalue weighted by atomic mass is 10.3. The summed E-state index contributed by atoms with van der Waals surface area (Å²) in [6.07, 6.45) is 0. The minimum atomic E-state index is -0.553. The van der Waals surface area contributed by atoms with Crippen LogP contribution >= 0.6 is 23.2 Å². The molecule has 0 saturated carbocycles. The highest BCUT2D eigenvalue weighted by Gasteiger charge is 2.08. The molecule has 1 aromatic heterocycles. The van der Waals surface area contributed by atoms with Gasteiger partial charge in [0, 0.05) is 16.8 Å². The van der Waals surface area contributed by atoms with Crippen molar-refractivity contribution in [2.45, 2.75) is 0 Å². The second-order valence-electron chi connectivity index (χ2n) is 4.64. The number of carbonyl (C=O) groups excluding carboxylic acids is 1. The Kier molecular flexibility index (Phi) is 4.27. The molecule has 0 saturated heterocycles. The van der Waals surface area contributed by atoms with Gasteiger partial charge in [-0.1, -0.05) is 23.2 Å². The van der Waals surface area contributed by atoms with Crippen molar-refractivity contribution in [1.82, 2.24) is 4.98 Å². The predicted octanol–water partition coefficient (Wildman–Crippen LogP) is 3.45. The van der Waals surface area contributed by atoms with E-state index in [1.54, 1.807) is 30.3 Å². The Labute approximate surface area is 140 Å². The number of hydrogen-bond acceptors (Lipinski definition) is 4. The first-order valence-electron chi connectivity index (χ1n) is 6.52. The monoisotopic (exact) mass is 352 g/mol. The van der Waals surface area contributed by atoms with Gasteiger partial charge in [-0.3, -0.25) is 9.78 Å². The standard InChI is InChI=1S/C15H10Cl2N2O4/c16-8-1-3-10(17)13(5-8)22-7-14(20)18-9-2-4-12-11(6-9)19-15(21)23-12/h1-6H,7H2,(H,18,20)(H,19,21). The maximum absolute atomic E-state index is 11.9. The molecule has 0 unspecified atom stereocenters. The third-order valence-corrected chi connectivity index (χ3v) is 3.50. The Hall–Kier alpha value is -2.44. The number of aromatic nitrogens is 1. The van der Waals surface area contributed by atoms with Crippen LogP contribution in [0, 0.1) is 0 Å². The number of nitrogens with one attached hydrogen (secondary N) is 2. The van der Waals surface area contributed by atoms with Crippen molar-refractivity contribution in [2.75, 3.05) is 11.9 Å². The maximum Gasteiger partial charge on any atom is 0.417 e. The Bertz CT molecular complexity index is 933. The summed E-state index contributed by atoms with van der Waals surface area (Å²) in [5.41, 5.74) is 1.40. The van der Waals surface area contributed by atoms with Crippen LogP contribution in [0.25, 0.3) is 11.1 Å². The zero-order valence-electron chi connectivity index (χ0n) is 11.6. The molecule has 3 rings (SSSR count). The second-order valence-corrected chi connectivity index (χ2v) is 5.48. The van der Waals surface area contributed by atoms with Crippen molar-refractivity contribution >= 4 is 45.9 Å². The number of H-pyrrole nitrogens is 1. The van der Waals surface area contributed by atoms with Crippen molar-refractivity contribution in [1.29, 1.82) is 0 Å². The van der Waals surface area contributed by atoms with E-state index < -0.39 is 5.76 Å². The van der Waals surface area contributed by atoms with Gasteiger partial charge in [-0.2, -0.15) is 0 Å². The number of carbonyl (C=O) groups is 1. The number of rotatable bonds is 4. The average Bonchev–Trinajstić information content (AvgIpc) is 2.87. The minimum absolute atomic E-state index is 0.236. The Morgan fingerprint density at radius 1 is 1.22 bits per heavy atom.